The SMILES string of the molecule is O=CC12COC(=O)C1(CC(=O)c1cc(O)ccc1O)CCC2O. The minimum Gasteiger partial charge on any atom is -0.508 e. The maximum absolute atomic E-state index is 12.5. The summed E-state index contributed by atoms with van der Waals surface area (Å²) < 4.78 is 4.98. The molecule has 1 aromatic carbocycles. The smallest absolute Gasteiger partial charge is 0.313 e. The van der Waals surface area contributed by atoms with Crippen LogP contribution in [0.5, 0.6) is 11.5 Å². The molecular formula is C16H16O7. The van der Waals surface area contributed by atoms with Crippen LogP contribution < -0.4 is 0 Å². The molecule has 23 heavy (non-hydrogen) atoms. The number of aromatic hydroxyl groups is 2. The highest BCUT2D eigenvalue weighted by atomic mass is 16.5. The molecule has 3 rings (SSSR count). The summed E-state index contributed by atoms with van der Waals surface area (Å²) in [6, 6.07) is 3.50. The largest absolute Gasteiger partial charge is 0.508 e. The maximum atomic E-state index is 12.5. The van der Waals surface area contributed by atoms with Gasteiger partial charge in [0.05, 0.1) is 17.1 Å². The van der Waals surface area contributed by atoms with Crippen LogP contribution in [0.2, 0.25) is 0 Å². The van der Waals surface area contributed by atoms with Gasteiger partial charge in [0, 0.05) is 6.42 Å². The van der Waals surface area contributed by atoms with E-state index in [2.05, 4.69) is 0 Å². The third-order valence-corrected chi connectivity index (χ3v) is 5.12. The number of ether oxygens (including phenoxy) is 1. The van der Waals surface area contributed by atoms with Gasteiger partial charge in [-0.05, 0) is 31.0 Å². The van der Waals surface area contributed by atoms with Gasteiger partial charge in [-0.2, -0.15) is 0 Å². The van der Waals surface area contributed by atoms with Crippen LogP contribution in [0.1, 0.15) is 29.6 Å². The lowest BCUT2D eigenvalue weighted by molar-refractivity contribution is -0.147. The van der Waals surface area contributed by atoms with E-state index in [0.717, 1.165) is 6.07 Å². The lowest BCUT2D eigenvalue weighted by Gasteiger charge is -2.32. The van der Waals surface area contributed by atoms with Crippen LogP contribution in [0.4, 0.5) is 0 Å². The standard InChI is InChI=1S/C16H16O7/c17-7-16-8-23-14(22)15(16,4-3-13(16)21)6-12(20)10-5-9(18)1-2-11(10)19/h1-2,5,7,13,18-19,21H,3-4,6,8H2. The van der Waals surface area contributed by atoms with E-state index in [0.29, 0.717) is 6.29 Å². The van der Waals surface area contributed by atoms with E-state index < -0.39 is 28.7 Å². The van der Waals surface area contributed by atoms with Crippen molar-refractivity contribution >= 4 is 18.0 Å². The van der Waals surface area contributed by atoms with Crippen molar-refractivity contribution in [2.45, 2.75) is 25.4 Å². The number of cyclic esters (lactones) is 1. The van der Waals surface area contributed by atoms with Gasteiger partial charge in [-0.1, -0.05) is 0 Å². The van der Waals surface area contributed by atoms with Gasteiger partial charge in [0.1, 0.15) is 29.8 Å². The highest BCUT2D eigenvalue weighted by Gasteiger charge is 2.70. The molecule has 122 valence electrons. The van der Waals surface area contributed by atoms with Crippen LogP contribution >= 0.6 is 0 Å². The Labute approximate surface area is 131 Å². The lowest BCUT2D eigenvalue weighted by atomic mass is 9.64. The number of hydrogen-bond donors (Lipinski definition) is 3. The summed E-state index contributed by atoms with van der Waals surface area (Å²) in [6.07, 6.45) is -0.564. The fraction of sp³-hybridized carbons (Fsp3) is 0.438. The van der Waals surface area contributed by atoms with Gasteiger partial charge >= 0.3 is 5.97 Å². The molecule has 2 aliphatic rings. The number of Topliss-reactive ketones (excluding diaryl/α,β-unsaturated/α-hetero) is 1. The number of rotatable bonds is 4. The number of ketones is 1. The van der Waals surface area contributed by atoms with Gasteiger partial charge in [-0.3, -0.25) is 9.59 Å². The highest BCUT2D eigenvalue weighted by Crippen LogP contribution is 2.59. The minimum atomic E-state index is -1.44. The molecule has 1 aromatic rings. The second-order valence-electron chi connectivity index (χ2n) is 6.17. The average molecular weight is 320 g/mol. The van der Waals surface area contributed by atoms with Gasteiger partial charge in [-0.15, -0.1) is 0 Å². The van der Waals surface area contributed by atoms with Crippen LogP contribution in [0.15, 0.2) is 18.2 Å². The summed E-state index contributed by atoms with van der Waals surface area (Å²) in [5.74, 6) is -1.82. The van der Waals surface area contributed by atoms with Crippen LogP contribution in [-0.4, -0.2) is 46.1 Å². The van der Waals surface area contributed by atoms with Gasteiger partial charge in [0.2, 0.25) is 0 Å². The van der Waals surface area contributed by atoms with E-state index in [-0.39, 0.29) is 42.9 Å². The number of benzene rings is 1. The molecule has 3 unspecified atom stereocenters. The Balaban J connectivity index is 2.00. The quantitative estimate of drug-likeness (QED) is 0.320. The second-order valence-corrected chi connectivity index (χ2v) is 6.17. The zero-order valence-electron chi connectivity index (χ0n) is 12.2. The van der Waals surface area contributed by atoms with E-state index in [9.17, 15) is 29.7 Å². The summed E-state index contributed by atoms with van der Waals surface area (Å²) >= 11 is 0. The third kappa shape index (κ3) is 1.96. The van der Waals surface area contributed by atoms with Crippen LogP contribution in [-0.2, 0) is 14.3 Å². The number of aldehydes is 1. The average Bonchev–Trinajstić information content (AvgIpc) is 2.96. The number of esters is 1. The van der Waals surface area contributed by atoms with E-state index in [1.54, 1.807) is 0 Å². The Morgan fingerprint density at radius 2 is 2.13 bits per heavy atom. The van der Waals surface area contributed by atoms with E-state index in [1.165, 1.54) is 12.1 Å². The molecule has 1 saturated heterocycles. The molecule has 0 bridgehead atoms. The van der Waals surface area contributed by atoms with Crippen molar-refractivity contribution in [3.8, 4) is 11.5 Å². The fourth-order valence-corrected chi connectivity index (χ4v) is 3.71. The van der Waals surface area contributed by atoms with E-state index >= 15 is 0 Å². The van der Waals surface area contributed by atoms with Crippen LogP contribution in [0.25, 0.3) is 0 Å². The van der Waals surface area contributed by atoms with Crippen molar-refractivity contribution in [2.24, 2.45) is 10.8 Å². The number of carbonyl (C=O) groups is 3. The Morgan fingerprint density at radius 1 is 1.39 bits per heavy atom. The van der Waals surface area contributed by atoms with Gasteiger partial charge in [0.25, 0.3) is 0 Å². The molecule has 0 aromatic heterocycles. The Morgan fingerprint density at radius 3 is 2.83 bits per heavy atom. The van der Waals surface area contributed by atoms with Crippen molar-refractivity contribution in [1.82, 2.24) is 0 Å². The third-order valence-electron chi connectivity index (χ3n) is 5.12. The summed E-state index contributed by atoms with van der Waals surface area (Å²) in [5, 5.41) is 29.4. The molecule has 0 spiro atoms. The molecule has 2 fully saturated rings. The first-order chi connectivity index (χ1) is 10.9. The maximum Gasteiger partial charge on any atom is 0.313 e. The number of fused-ring (bicyclic) bond motifs is 1. The topological polar surface area (TPSA) is 121 Å². The Kier molecular flexibility index (Phi) is 3.40. The first-order valence-corrected chi connectivity index (χ1v) is 7.23. The van der Waals surface area contributed by atoms with E-state index in [1.807, 2.05) is 0 Å². The monoisotopic (exact) mass is 320 g/mol. The summed E-state index contributed by atoms with van der Waals surface area (Å²) in [7, 11) is 0. The minimum absolute atomic E-state index is 0.139. The van der Waals surface area contributed by atoms with Crippen molar-refractivity contribution < 1.29 is 34.4 Å². The molecule has 3 atom stereocenters. The normalized spacial score (nSPS) is 32.4. The van der Waals surface area contributed by atoms with Crippen molar-refractivity contribution in [3.63, 3.8) is 0 Å². The molecule has 1 aliphatic carbocycles. The summed E-state index contributed by atoms with van der Waals surface area (Å²) in [4.78, 5) is 36.4. The molecule has 7 heteroatoms. The molecular weight excluding hydrogens is 304 g/mol. The molecule has 7 nitrogen and oxygen atoms in total. The number of carbonyl (C=O) groups excluding carboxylic acids is 3. The van der Waals surface area contributed by atoms with Crippen molar-refractivity contribution in [1.29, 1.82) is 0 Å². The summed E-state index contributed by atoms with van der Waals surface area (Å²) in [5.41, 5.74) is -3.00. The number of hydrogen-bond acceptors (Lipinski definition) is 7. The molecule has 0 radical (unpaired) electrons. The van der Waals surface area contributed by atoms with Gasteiger partial charge < -0.3 is 24.9 Å². The second kappa shape index (κ2) is 5.06. The zero-order valence-corrected chi connectivity index (χ0v) is 12.2. The molecule has 3 N–H and O–H groups in total. The number of phenols is 2. The molecule has 1 aliphatic heterocycles. The van der Waals surface area contributed by atoms with Gasteiger partial charge in [-0.25, -0.2) is 0 Å². The number of aliphatic hydroxyl groups excluding tert-OH is 1. The Bertz CT molecular complexity index is 698. The van der Waals surface area contributed by atoms with Gasteiger partial charge in [0.15, 0.2) is 5.78 Å². The van der Waals surface area contributed by atoms with Crippen molar-refractivity contribution in [3.05, 3.63) is 23.8 Å². The van der Waals surface area contributed by atoms with Crippen molar-refractivity contribution in [2.75, 3.05) is 6.61 Å². The van der Waals surface area contributed by atoms with Crippen LogP contribution in [0.3, 0.4) is 0 Å². The molecule has 1 heterocycles. The predicted molar refractivity (Wildman–Crippen MR) is 75.8 cm³/mol. The number of phenolic OH excluding ortho intramolecular Hbond substituents is 2. The van der Waals surface area contributed by atoms with E-state index in [4.69, 9.17) is 4.74 Å². The molecule has 0 amide bonds. The highest BCUT2D eigenvalue weighted by molar-refractivity contribution is 6.03. The number of aliphatic hydroxyl groups is 1. The van der Waals surface area contributed by atoms with Crippen LogP contribution in [0, 0.1) is 10.8 Å². The zero-order chi connectivity index (χ0) is 16.8. The summed E-state index contributed by atoms with van der Waals surface area (Å²) in [6.45, 7) is -0.254. The lowest BCUT2D eigenvalue weighted by Crippen LogP contribution is -2.47. The fourth-order valence-electron chi connectivity index (χ4n) is 3.71. The predicted octanol–water partition coefficient (Wildman–Crippen LogP) is 0.554. The first kappa shape index (κ1) is 15.5. The first-order valence-electron chi connectivity index (χ1n) is 7.23. The Hall–Kier alpha value is -2.41. The molecule has 1 saturated carbocycles.